The lowest BCUT2D eigenvalue weighted by Gasteiger charge is -2.18. The standard InChI is InChI=1S/C13H25NOS2/c1-2-3-4-5-8-12(15)11-17-13(16)14-9-6-7-10-14/h12,15H,2-11H2,1H3. The van der Waals surface area contributed by atoms with Crippen LogP contribution in [-0.4, -0.2) is 39.3 Å². The summed E-state index contributed by atoms with van der Waals surface area (Å²) in [5.41, 5.74) is 0. The highest BCUT2D eigenvalue weighted by molar-refractivity contribution is 8.22. The number of thioether (sulfide) groups is 1. The number of likely N-dealkylation sites (tertiary alicyclic amines) is 1. The second-order valence-electron chi connectivity index (χ2n) is 4.77. The summed E-state index contributed by atoms with van der Waals surface area (Å²) in [6, 6.07) is 0. The molecule has 0 aromatic rings. The molecule has 0 aromatic carbocycles. The molecule has 1 heterocycles. The Hall–Kier alpha value is 0.200. The van der Waals surface area contributed by atoms with Crippen LogP contribution in [0.3, 0.4) is 0 Å². The topological polar surface area (TPSA) is 23.5 Å². The van der Waals surface area contributed by atoms with Gasteiger partial charge >= 0.3 is 0 Å². The molecule has 4 heteroatoms. The summed E-state index contributed by atoms with van der Waals surface area (Å²) < 4.78 is 0.982. The first-order valence-corrected chi connectivity index (χ1v) is 8.23. The number of unbranched alkanes of at least 4 members (excludes halogenated alkanes) is 3. The van der Waals surface area contributed by atoms with Crippen molar-refractivity contribution in [2.24, 2.45) is 0 Å². The molecule has 17 heavy (non-hydrogen) atoms. The van der Waals surface area contributed by atoms with Gasteiger partial charge < -0.3 is 10.0 Å². The number of aliphatic hydroxyl groups excluding tert-OH is 1. The molecule has 1 fully saturated rings. The maximum absolute atomic E-state index is 9.84. The monoisotopic (exact) mass is 275 g/mol. The third-order valence-corrected chi connectivity index (χ3v) is 4.82. The van der Waals surface area contributed by atoms with E-state index in [0.29, 0.717) is 0 Å². The summed E-state index contributed by atoms with van der Waals surface area (Å²) in [6.07, 6.45) is 8.20. The molecular formula is C13H25NOS2. The minimum Gasteiger partial charge on any atom is -0.392 e. The van der Waals surface area contributed by atoms with Gasteiger partial charge in [0.25, 0.3) is 0 Å². The van der Waals surface area contributed by atoms with E-state index in [1.54, 1.807) is 11.8 Å². The van der Waals surface area contributed by atoms with Gasteiger partial charge in [0.1, 0.15) is 4.32 Å². The highest BCUT2D eigenvalue weighted by atomic mass is 32.2. The fourth-order valence-corrected chi connectivity index (χ4v) is 3.30. The van der Waals surface area contributed by atoms with Crippen LogP contribution >= 0.6 is 24.0 Å². The average Bonchev–Trinajstić information content (AvgIpc) is 2.85. The van der Waals surface area contributed by atoms with Crippen molar-refractivity contribution in [3.05, 3.63) is 0 Å². The van der Waals surface area contributed by atoms with E-state index in [4.69, 9.17) is 12.2 Å². The molecule has 1 N–H and O–H groups in total. The van der Waals surface area contributed by atoms with Crippen LogP contribution in [0.4, 0.5) is 0 Å². The Labute approximate surface area is 115 Å². The molecule has 1 rings (SSSR count). The Kier molecular flexibility index (Phi) is 8.23. The average molecular weight is 275 g/mol. The van der Waals surface area contributed by atoms with Gasteiger partial charge in [-0.2, -0.15) is 0 Å². The summed E-state index contributed by atoms with van der Waals surface area (Å²) in [7, 11) is 0. The van der Waals surface area contributed by atoms with Crippen molar-refractivity contribution in [1.82, 2.24) is 4.90 Å². The van der Waals surface area contributed by atoms with E-state index in [0.717, 1.165) is 36.0 Å². The minimum atomic E-state index is -0.183. The first-order valence-electron chi connectivity index (χ1n) is 6.83. The van der Waals surface area contributed by atoms with E-state index >= 15 is 0 Å². The van der Waals surface area contributed by atoms with Crippen molar-refractivity contribution in [3.63, 3.8) is 0 Å². The minimum absolute atomic E-state index is 0.183. The third-order valence-electron chi connectivity index (χ3n) is 3.15. The number of aliphatic hydroxyl groups is 1. The molecule has 0 radical (unpaired) electrons. The zero-order chi connectivity index (χ0) is 12.5. The quantitative estimate of drug-likeness (QED) is 0.568. The molecule has 1 saturated heterocycles. The van der Waals surface area contributed by atoms with Crippen LogP contribution in [0.25, 0.3) is 0 Å². The van der Waals surface area contributed by atoms with E-state index < -0.39 is 0 Å². The summed E-state index contributed by atoms with van der Waals surface area (Å²) in [4.78, 5) is 2.27. The van der Waals surface area contributed by atoms with Crippen molar-refractivity contribution in [1.29, 1.82) is 0 Å². The SMILES string of the molecule is CCCCCCC(O)CSC(=S)N1CCCC1. The van der Waals surface area contributed by atoms with Gasteiger partial charge in [0, 0.05) is 18.8 Å². The molecule has 0 amide bonds. The van der Waals surface area contributed by atoms with E-state index in [-0.39, 0.29) is 6.10 Å². The lowest BCUT2D eigenvalue weighted by atomic mass is 10.1. The Morgan fingerprint density at radius 3 is 2.65 bits per heavy atom. The molecule has 1 atom stereocenters. The third kappa shape index (κ3) is 6.63. The van der Waals surface area contributed by atoms with Gasteiger partial charge in [0.05, 0.1) is 6.10 Å². The molecule has 2 nitrogen and oxygen atoms in total. The molecule has 1 aliphatic rings. The Morgan fingerprint density at radius 1 is 1.29 bits per heavy atom. The molecule has 0 aliphatic carbocycles. The van der Waals surface area contributed by atoms with Gasteiger partial charge in [-0.3, -0.25) is 0 Å². The normalized spacial score (nSPS) is 17.4. The van der Waals surface area contributed by atoms with E-state index in [9.17, 15) is 5.11 Å². The summed E-state index contributed by atoms with van der Waals surface area (Å²) >= 11 is 7.02. The highest BCUT2D eigenvalue weighted by Gasteiger charge is 2.16. The molecule has 0 aromatic heterocycles. The van der Waals surface area contributed by atoms with Gasteiger partial charge in [0.2, 0.25) is 0 Å². The molecule has 1 aliphatic heterocycles. The van der Waals surface area contributed by atoms with Crippen LogP contribution in [0.2, 0.25) is 0 Å². The Morgan fingerprint density at radius 2 is 2.00 bits per heavy atom. The molecular weight excluding hydrogens is 250 g/mol. The summed E-state index contributed by atoms with van der Waals surface area (Å²) in [6.45, 7) is 4.43. The molecule has 0 spiro atoms. The zero-order valence-electron chi connectivity index (χ0n) is 10.9. The van der Waals surface area contributed by atoms with E-state index in [2.05, 4.69) is 11.8 Å². The van der Waals surface area contributed by atoms with Gasteiger partial charge in [-0.15, -0.1) is 0 Å². The van der Waals surface area contributed by atoms with Crippen LogP contribution in [0.15, 0.2) is 0 Å². The van der Waals surface area contributed by atoms with Gasteiger partial charge in [-0.05, 0) is 19.3 Å². The van der Waals surface area contributed by atoms with Crippen molar-refractivity contribution < 1.29 is 5.11 Å². The predicted molar refractivity (Wildman–Crippen MR) is 80.6 cm³/mol. The van der Waals surface area contributed by atoms with Crippen molar-refractivity contribution in [2.75, 3.05) is 18.8 Å². The second kappa shape index (κ2) is 9.17. The first kappa shape index (κ1) is 15.3. The fourth-order valence-electron chi connectivity index (χ4n) is 2.05. The van der Waals surface area contributed by atoms with Gasteiger partial charge in [-0.1, -0.05) is 56.6 Å². The molecule has 100 valence electrons. The van der Waals surface area contributed by atoms with Crippen molar-refractivity contribution in [3.8, 4) is 0 Å². The first-order chi connectivity index (χ1) is 8.24. The van der Waals surface area contributed by atoms with Crippen LogP contribution < -0.4 is 0 Å². The molecule has 1 unspecified atom stereocenters. The van der Waals surface area contributed by atoms with Crippen molar-refractivity contribution in [2.45, 2.75) is 58.0 Å². The van der Waals surface area contributed by atoms with Crippen LogP contribution in [-0.2, 0) is 0 Å². The van der Waals surface area contributed by atoms with Crippen molar-refractivity contribution >= 4 is 28.3 Å². The number of hydrogen-bond donors (Lipinski definition) is 1. The zero-order valence-corrected chi connectivity index (χ0v) is 12.5. The Balaban J connectivity index is 2.02. The fraction of sp³-hybridized carbons (Fsp3) is 0.923. The second-order valence-corrected chi connectivity index (χ2v) is 6.43. The summed E-state index contributed by atoms with van der Waals surface area (Å²) in [5, 5.41) is 9.84. The highest BCUT2D eigenvalue weighted by Crippen LogP contribution is 2.18. The van der Waals surface area contributed by atoms with Gasteiger partial charge in [0.15, 0.2) is 0 Å². The number of nitrogens with zero attached hydrogens (tertiary/aromatic N) is 1. The maximum Gasteiger partial charge on any atom is 0.136 e. The van der Waals surface area contributed by atoms with Gasteiger partial charge in [-0.25, -0.2) is 0 Å². The molecule has 0 bridgehead atoms. The maximum atomic E-state index is 9.84. The lowest BCUT2D eigenvalue weighted by Crippen LogP contribution is -2.25. The lowest BCUT2D eigenvalue weighted by molar-refractivity contribution is 0.185. The van der Waals surface area contributed by atoms with E-state index in [1.807, 2.05) is 0 Å². The van der Waals surface area contributed by atoms with E-state index in [1.165, 1.54) is 32.1 Å². The largest absolute Gasteiger partial charge is 0.392 e. The number of thiocarbonyl (C=S) groups is 1. The smallest absolute Gasteiger partial charge is 0.136 e. The number of rotatable bonds is 7. The Bertz CT molecular complexity index is 217. The predicted octanol–water partition coefficient (Wildman–Crippen LogP) is 3.43. The van der Waals surface area contributed by atoms with Crippen LogP contribution in [0, 0.1) is 0 Å². The van der Waals surface area contributed by atoms with Crippen LogP contribution in [0.5, 0.6) is 0 Å². The van der Waals surface area contributed by atoms with Crippen LogP contribution in [0.1, 0.15) is 51.9 Å². The number of hydrogen-bond acceptors (Lipinski definition) is 3. The molecule has 0 saturated carbocycles. The summed E-state index contributed by atoms with van der Waals surface area (Å²) in [5.74, 6) is 0.765.